The Kier molecular flexibility index (Phi) is 6.42. The van der Waals surface area contributed by atoms with E-state index in [1.54, 1.807) is 24.3 Å². The fourth-order valence-corrected chi connectivity index (χ4v) is 3.73. The lowest BCUT2D eigenvalue weighted by atomic mass is 10.0. The molecule has 7 nitrogen and oxygen atoms in total. The summed E-state index contributed by atoms with van der Waals surface area (Å²) in [5.74, 6) is -2.26. The summed E-state index contributed by atoms with van der Waals surface area (Å²) >= 11 is 0. The van der Waals surface area contributed by atoms with Crippen molar-refractivity contribution in [2.75, 3.05) is 7.11 Å². The van der Waals surface area contributed by atoms with Gasteiger partial charge in [-0.05, 0) is 48.9 Å². The Balaban J connectivity index is 1.56. The maximum atomic E-state index is 14.1. The zero-order valence-electron chi connectivity index (χ0n) is 18.8. The molecule has 1 heterocycles. The van der Waals surface area contributed by atoms with E-state index in [9.17, 15) is 24.0 Å². The van der Waals surface area contributed by atoms with Crippen molar-refractivity contribution >= 4 is 29.4 Å². The predicted molar refractivity (Wildman–Crippen MR) is 125 cm³/mol. The second-order valence-corrected chi connectivity index (χ2v) is 7.68. The highest BCUT2D eigenvalue weighted by atomic mass is 19.1. The SMILES string of the molecule is COc1cc(/C=C(/C#N)c2ccccc2F)ccc1OC(=O)C(C)N1C(=O)c2ccccc2C1=O. The largest absolute Gasteiger partial charge is 0.493 e. The molecule has 1 aliphatic rings. The molecular formula is C27H19FN2O5. The molecule has 0 radical (unpaired) electrons. The van der Waals surface area contributed by atoms with Crippen LogP contribution in [0.2, 0.25) is 0 Å². The summed E-state index contributed by atoms with van der Waals surface area (Å²) in [5, 5.41) is 9.49. The van der Waals surface area contributed by atoms with E-state index in [-0.39, 0.29) is 33.8 Å². The van der Waals surface area contributed by atoms with E-state index in [4.69, 9.17) is 9.47 Å². The monoisotopic (exact) mass is 470 g/mol. The van der Waals surface area contributed by atoms with Crippen molar-refractivity contribution in [3.05, 3.63) is 94.8 Å². The van der Waals surface area contributed by atoms with E-state index in [0.717, 1.165) is 4.90 Å². The smallest absolute Gasteiger partial charge is 0.334 e. The normalized spacial score (nSPS) is 13.8. The van der Waals surface area contributed by atoms with Gasteiger partial charge >= 0.3 is 5.97 Å². The second kappa shape index (κ2) is 9.61. The summed E-state index contributed by atoms with van der Waals surface area (Å²) in [6.07, 6.45) is 1.48. The van der Waals surface area contributed by atoms with E-state index in [2.05, 4.69) is 0 Å². The van der Waals surface area contributed by atoms with Crippen LogP contribution in [0.25, 0.3) is 11.6 Å². The molecule has 1 aliphatic heterocycles. The third kappa shape index (κ3) is 4.39. The predicted octanol–water partition coefficient (Wildman–Crippen LogP) is 4.49. The molecule has 174 valence electrons. The van der Waals surface area contributed by atoms with Crippen molar-refractivity contribution in [3.8, 4) is 17.6 Å². The van der Waals surface area contributed by atoms with Crippen LogP contribution >= 0.6 is 0 Å². The Labute approximate surface area is 200 Å². The number of hydrogen-bond donors (Lipinski definition) is 0. The number of nitrogens with zero attached hydrogens (tertiary/aromatic N) is 2. The molecule has 0 fully saturated rings. The van der Waals surface area contributed by atoms with E-state index in [1.807, 2.05) is 6.07 Å². The third-order valence-corrected chi connectivity index (χ3v) is 5.55. The molecule has 0 N–H and O–H groups in total. The number of rotatable bonds is 6. The highest BCUT2D eigenvalue weighted by Gasteiger charge is 2.41. The molecule has 0 aliphatic carbocycles. The number of methoxy groups -OCH3 is 1. The molecule has 1 atom stereocenters. The molecule has 0 spiro atoms. The average Bonchev–Trinajstić information content (AvgIpc) is 3.13. The molecular weight excluding hydrogens is 451 g/mol. The molecule has 35 heavy (non-hydrogen) atoms. The van der Waals surface area contributed by atoms with Gasteiger partial charge in [0.2, 0.25) is 0 Å². The highest BCUT2D eigenvalue weighted by Crippen LogP contribution is 2.31. The zero-order chi connectivity index (χ0) is 25.1. The number of ether oxygens (including phenoxy) is 2. The number of carbonyl (C=O) groups excluding carboxylic acids is 3. The molecule has 4 rings (SSSR count). The van der Waals surface area contributed by atoms with Crippen LogP contribution < -0.4 is 9.47 Å². The fourth-order valence-electron chi connectivity index (χ4n) is 3.73. The minimum atomic E-state index is -1.18. The van der Waals surface area contributed by atoms with Gasteiger partial charge in [0.25, 0.3) is 11.8 Å². The van der Waals surface area contributed by atoms with Gasteiger partial charge in [-0.2, -0.15) is 5.26 Å². The number of esters is 1. The lowest BCUT2D eigenvalue weighted by molar-refractivity contribution is -0.138. The molecule has 0 aromatic heterocycles. The number of imide groups is 1. The Morgan fingerprint density at radius 1 is 1.00 bits per heavy atom. The van der Waals surface area contributed by atoms with Crippen LogP contribution in [0, 0.1) is 17.1 Å². The third-order valence-electron chi connectivity index (χ3n) is 5.55. The maximum absolute atomic E-state index is 14.1. The molecule has 3 aromatic rings. The Morgan fingerprint density at radius 3 is 2.23 bits per heavy atom. The summed E-state index contributed by atoms with van der Waals surface area (Å²) in [4.78, 5) is 39.0. The molecule has 8 heteroatoms. The van der Waals surface area contributed by atoms with E-state index < -0.39 is 29.6 Å². The number of fused-ring (bicyclic) bond motifs is 1. The van der Waals surface area contributed by atoms with Gasteiger partial charge in [-0.15, -0.1) is 0 Å². The van der Waals surface area contributed by atoms with Crippen LogP contribution in [0.1, 0.15) is 38.8 Å². The van der Waals surface area contributed by atoms with Crippen LogP contribution in [0.15, 0.2) is 66.7 Å². The van der Waals surface area contributed by atoms with Crippen LogP contribution in [-0.4, -0.2) is 35.8 Å². The van der Waals surface area contributed by atoms with E-state index >= 15 is 0 Å². The lowest BCUT2D eigenvalue weighted by Crippen LogP contribution is -2.44. The van der Waals surface area contributed by atoms with Gasteiger partial charge in [-0.1, -0.05) is 36.4 Å². The van der Waals surface area contributed by atoms with Crippen molar-refractivity contribution in [2.45, 2.75) is 13.0 Å². The molecule has 3 aromatic carbocycles. The van der Waals surface area contributed by atoms with E-state index in [1.165, 1.54) is 62.6 Å². The quantitative estimate of drug-likeness (QED) is 0.173. The van der Waals surface area contributed by atoms with Crippen molar-refractivity contribution < 1.29 is 28.2 Å². The van der Waals surface area contributed by atoms with Gasteiger partial charge in [0.15, 0.2) is 11.5 Å². The van der Waals surface area contributed by atoms with Crippen LogP contribution in [0.3, 0.4) is 0 Å². The molecule has 0 bridgehead atoms. The summed E-state index contributed by atoms with van der Waals surface area (Å²) in [6.45, 7) is 1.40. The molecule has 0 saturated heterocycles. The summed E-state index contributed by atoms with van der Waals surface area (Å²) in [5.41, 5.74) is 1.23. The molecule has 2 amide bonds. The number of halogens is 1. The first kappa shape index (κ1) is 23.4. The second-order valence-electron chi connectivity index (χ2n) is 7.68. The summed E-state index contributed by atoms with van der Waals surface area (Å²) < 4.78 is 24.9. The Morgan fingerprint density at radius 2 is 1.63 bits per heavy atom. The number of amides is 2. The van der Waals surface area contributed by atoms with E-state index in [0.29, 0.717) is 5.56 Å². The summed E-state index contributed by atoms with van der Waals surface area (Å²) in [7, 11) is 1.37. The standard InChI is InChI=1S/C27H19FN2O5/c1-16(30-25(31)20-8-3-4-9-21(20)26(30)32)27(33)35-23-12-11-17(14-24(23)34-2)13-18(15-29)19-7-5-6-10-22(19)28/h3-14,16H,1-2H3/b18-13-. The van der Waals surface area contributed by atoms with Crippen LogP contribution in [0.4, 0.5) is 4.39 Å². The van der Waals surface area contributed by atoms with Crippen LogP contribution in [0.5, 0.6) is 11.5 Å². The van der Waals surface area contributed by atoms with Crippen molar-refractivity contribution in [3.63, 3.8) is 0 Å². The number of benzene rings is 3. The zero-order valence-corrected chi connectivity index (χ0v) is 18.8. The van der Waals surface area contributed by atoms with Gasteiger partial charge in [0.05, 0.1) is 29.9 Å². The first-order valence-corrected chi connectivity index (χ1v) is 10.6. The first-order valence-electron chi connectivity index (χ1n) is 10.6. The topological polar surface area (TPSA) is 96.7 Å². The lowest BCUT2D eigenvalue weighted by Gasteiger charge is -2.21. The maximum Gasteiger partial charge on any atom is 0.334 e. The minimum absolute atomic E-state index is 0.0579. The van der Waals surface area contributed by atoms with Gasteiger partial charge in [0.1, 0.15) is 11.9 Å². The van der Waals surface area contributed by atoms with Crippen LogP contribution in [-0.2, 0) is 4.79 Å². The van der Waals surface area contributed by atoms with Gasteiger partial charge in [-0.3, -0.25) is 14.5 Å². The van der Waals surface area contributed by atoms with Crippen molar-refractivity contribution in [1.82, 2.24) is 4.90 Å². The van der Waals surface area contributed by atoms with Gasteiger partial charge in [-0.25, -0.2) is 9.18 Å². The number of hydrogen-bond acceptors (Lipinski definition) is 6. The number of carbonyl (C=O) groups is 3. The van der Waals surface area contributed by atoms with Gasteiger partial charge in [0, 0.05) is 5.56 Å². The number of allylic oxidation sites excluding steroid dienone is 1. The molecule has 0 saturated carbocycles. The highest BCUT2D eigenvalue weighted by molar-refractivity contribution is 6.22. The fraction of sp³-hybridized carbons (Fsp3) is 0.111. The van der Waals surface area contributed by atoms with Gasteiger partial charge < -0.3 is 9.47 Å². The first-order chi connectivity index (χ1) is 16.8. The van der Waals surface area contributed by atoms with Crippen molar-refractivity contribution in [2.24, 2.45) is 0 Å². The number of nitriles is 1. The molecule has 1 unspecified atom stereocenters. The summed E-state index contributed by atoms with van der Waals surface area (Å²) in [6, 6.07) is 17.6. The average molecular weight is 470 g/mol. The Hall–Kier alpha value is -4.77. The Bertz CT molecular complexity index is 1390. The van der Waals surface area contributed by atoms with Crippen molar-refractivity contribution in [1.29, 1.82) is 5.26 Å². The minimum Gasteiger partial charge on any atom is -0.493 e.